The van der Waals surface area contributed by atoms with Crippen molar-refractivity contribution in [2.45, 2.75) is 38.5 Å². The lowest BCUT2D eigenvalue weighted by Crippen LogP contribution is -2.37. The molecule has 2 aliphatic rings. The number of benzene rings is 1. The predicted molar refractivity (Wildman–Crippen MR) is 85.2 cm³/mol. The van der Waals surface area contributed by atoms with E-state index < -0.39 is 5.79 Å². The maximum Gasteiger partial charge on any atom is 0.325 e. The molecule has 0 saturated carbocycles. The number of nitrogens with zero attached hydrogens (tertiary/aromatic N) is 1. The zero-order valence-corrected chi connectivity index (χ0v) is 13.6. The van der Waals surface area contributed by atoms with E-state index in [2.05, 4.69) is 0 Å². The van der Waals surface area contributed by atoms with Gasteiger partial charge in [0.05, 0.1) is 19.8 Å². The van der Waals surface area contributed by atoms with Crippen LogP contribution in [0.2, 0.25) is 0 Å². The van der Waals surface area contributed by atoms with Gasteiger partial charge in [0, 0.05) is 29.4 Å². The van der Waals surface area contributed by atoms with Gasteiger partial charge in [0.15, 0.2) is 5.79 Å². The summed E-state index contributed by atoms with van der Waals surface area (Å²) in [6.45, 7) is 3.45. The minimum absolute atomic E-state index is 0.139. The van der Waals surface area contributed by atoms with Crippen molar-refractivity contribution in [1.29, 1.82) is 0 Å². The standard InChI is InChI=1S/C18H20FNO4/c1-2-22-17(21)11-20-15-4-3-12(19)9-13(15)14-10-18(6-5-16(14)20)23-7-8-24-18/h3-4,9H,2,5-8,10-11H2,1H3. The fourth-order valence-electron chi connectivity index (χ4n) is 3.86. The van der Waals surface area contributed by atoms with Crippen LogP contribution in [-0.4, -0.2) is 36.1 Å². The second kappa shape index (κ2) is 5.86. The molecule has 0 bridgehead atoms. The Morgan fingerprint density at radius 2 is 2.17 bits per heavy atom. The molecule has 1 saturated heterocycles. The molecule has 1 aliphatic carbocycles. The second-order valence-electron chi connectivity index (χ2n) is 6.26. The Kier molecular flexibility index (Phi) is 3.81. The molecule has 1 fully saturated rings. The molecule has 1 aromatic heterocycles. The minimum Gasteiger partial charge on any atom is -0.465 e. The Bertz CT molecular complexity index is 792. The maximum atomic E-state index is 13.8. The van der Waals surface area contributed by atoms with E-state index in [1.807, 2.05) is 4.57 Å². The topological polar surface area (TPSA) is 49.7 Å². The van der Waals surface area contributed by atoms with Gasteiger partial charge in [0.2, 0.25) is 0 Å². The Balaban J connectivity index is 1.81. The van der Waals surface area contributed by atoms with Gasteiger partial charge in [-0.2, -0.15) is 0 Å². The van der Waals surface area contributed by atoms with Gasteiger partial charge in [0.25, 0.3) is 0 Å². The summed E-state index contributed by atoms with van der Waals surface area (Å²) in [7, 11) is 0. The molecule has 24 heavy (non-hydrogen) atoms. The monoisotopic (exact) mass is 333 g/mol. The highest BCUT2D eigenvalue weighted by Gasteiger charge is 2.42. The average molecular weight is 333 g/mol. The summed E-state index contributed by atoms with van der Waals surface area (Å²) in [4.78, 5) is 12.0. The summed E-state index contributed by atoms with van der Waals surface area (Å²) in [6, 6.07) is 4.68. The first kappa shape index (κ1) is 15.6. The van der Waals surface area contributed by atoms with E-state index in [-0.39, 0.29) is 18.3 Å². The molecule has 1 aromatic carbocycles. The molecule has 0 amide bonds. The molecule has 128 valence electrons. The molecule has 0 N–H and O–H groups in total. The molecule has 1 aliphatic heterocycles. The first-order valence-electron chi connectivity index (χ1n) is 8.35. The number of halogens is 1. The highest BCUT2D eigenvalue weighted by Crippen LogP contribution is 2.40. The molecule has 0 radical (unpaired) electrons. The number of carbonyl (C=O) groups is 1. The molecule has 1 spiro atoms. The van der Waals surface area contributed by atoms with Crippen LogP contribution in [0.1, 0.15) is 24.6 Å². The molecular weight excluding hydrogens is 313 g/mol. The number of carbonyl (C=O) groups excluding carboxylic acids is 1. The number of rotatable bonds is 3. The molecule has 0 atom stereocenters. The normalized spacial score (nSPS) is 18.9. The highest BCUT2D eigenvalue weighted by molar-refractivity contribution is 5.87. The van der Waals surface area contributed by atoms with Crippen LogP contribution < -0.4 is 0 Å². The van der Waals surface area contributed by atoms with Crippen LogP contribution in [-0.2, 0) is 38.4 Å². The first-order valence-corrected chi connectivity index (χ1v) is 8.35. The summed E-state index contributed by atoms with van der Waals surface area (Å²) in [6.07, 6.45) is 2.05. The molecule has 0 unspecified atom stereocenters. The van der Waals surface area contributed by atoms with Gasteiger partial charge in [-0.25, -0.2) is 4.39 Å². The average Bonchev–Trinajstić information content (AvgIpc) is 3.12. The quantitative estimate of drug-likeness (QED) is 0.810. The smallest absolute Gasteiger partial charge is 0.325 e. The van der Waals surface area contributed by atoms with Gasteiger partial charge < -0.3 is 18.8 Å². The summed E-state index contributed by atoms with van der Waals surface area (Å²) in [5, 5.41) is 0.826. The summed E-state index contributed by atoms with van der Waals surface area (Å²) < 4.78 is 32.5. The number of aromatic nitrogens is 1. The van der Waals surface area contributed by atoms with E-state index in [1.54, 1.807) is 13.0 Å². The third kappa shape index (κ3) is 2.50. The molecular formula is C18H20FNO4. The zero-order chi connectivity index (χ0) is 16.7. The molecule has 5 nitrogen and oxygen atoms in total. The lowest BCUT2D eigenvalue weighted by atomic mass is 9.90. The number of ether oxygens (including phenoxy) is 3. The fourth-order valence-corrected chi connectivity index (χ4v) is 3.86. The van der Waals surface area contributed by atoms with Gasteiger partial charge in [-0.05, 0) is 37.1 Å². The number of esters is 1. The van der Waals surface area contributed by atoms with E-state index in [9.17, 15) is 9.18 Å². The van der Waals surface area contributed by atoms with E-state index in [1.165, 1.54) is 12.1 Å². The SMILES string of the molecule is CCOC(=O)Cn1c2c(c3cc(F)ccc31)CC1(CC2)OCCO1. The van der Waals surface area contributed by atoms with Gasteiger partial charge in [-0.15, -0.1) is 0 Å². The largest absolute Gasteiger partial charge is 0.465 e. The lowest BCUT2D eigenvalue weighted by Gasteiger charge is -2.32. The molecule has 2 heterocycles. The van der Waals surface area contributed by atoms with Gasteiger partial charge in [-0.1, -0.05) is 0 Å². The summed E-state index contributed by atoms with van der Waals surface area (Å²) in [5.41, 5.74) is 2.92. The van der Waals surface area contributed by atoms with Crippen LogP contribution in [0.3, 0.4) is 0 Å². The number of fused-ring (bicyclic) bond motifs is 3. The minimum atomic E-state index is -0.595. The van der Waals surface area contributed by atoms with Crippen LogP contribution in [0.15, 0.2) is 18.2 Å². The second-order valence-corrected chi connectivity index (χ2v) is 6.26. The predicted octanol–water partition coefficient (Wildman–Crippen LogP) is 2.58. The number of hydrogen-bond donors (Lipinski definition) is 0. The van der Waals surface area contributed by atoms with Crippen LogP contribution in [0.4, 0.5) is 4.39 Å². The molecule has 6 heteroatoms. The first-order chi connectivity index (χ1) is 11.6. The third-order valence-electron chi connectivity index (χ3n) is 4.84. The van der Waals surface area contributed by atoms with E-state index in [4.69, 9.17) is 14.2 Å². The van der Waals surface area contributed by atoms with Gasteiger partial charge in [0.1, 0.15) is 12.4 Å². The van der Waals surface area contributed by atoms with Crippen LogP contribution in [0, 0.1) is 5.82 Å². The van der Waals surface area contributed by atoms with Crippen molar-refractivity contribution >= 4 is 16.9 Å². The van der Waals surface area contributed by atoms with E-state index in [0.717, 1.165) is 35.0 Å². The van der Waals surface area contributed by atoms with Crippen molar-refractivity contribution in [3.8, 4) is 0 Å². The van der Waals surface area contributed by atoms with Crippen molar-refractivity contribution in [3.63, 3.8) is 0 Å². The maximum absolute atomic E-state index is 13.8. The highest BCUT2D eigenvalue weighted by atomic mass is 19.1. The van der Waals surface area contributed by atoms with Gasteiger partial charge >= 0.3 is 5.97 Å². The van der Waals surface area contributed by atoms with Crippen molar-refractivity contribution in [2.24, 2.45) is 0 Å². The zero-order valence-electron chi connectivity index (χ0n) is 13.6. The van der Waals surface area contributed by atoms with Crippen LogP contribution in [0.25, 0.3) is 10.9 Å². The van der Waals surface area contributed by atoms with Crippen molar-refractivity contribution < 1.29 is 23.4 Å². The lowest BCUT2D eigenvalue weighted by molar-refractivity contribution is -0.163. The van der Waals surface area contributed by atoms with Crippen LogP contribution >= 0.6 is 0 Å². The van der Waals surface area contributed by atoms with Crippen molar-refractivity contribution in [3.05, 3.63) is 35.3 Å². The van der Waals surface area contributed by atoms with Crippen LogP contribution in [0.5, 0.6) is 0 Å². The summed E-state index contributed by atoms with van der Waals surface area (Å²) >= 11 is 0. The summed E-state index contributed by atoms with van der Waals surface area (Å²) in [5.74, 6) is -1.16. The molecule has 4 rings (SSSR count). The van der Waals surface area contributed by atoms with Crippen molar-refractivity contribution in [2.75, 3.05) is 19.8 Å². The fraction of sp³-hybridized carbons (Fsp3) is 0.500. The third-order valence-corrected chi connectivity index (χ3v) is 4.84. The van der Waals surface area contributed by atoms with E-state index in [0.29, 0.717) is 26.2 Å². The Morgan fingerprint density at radius 1 is 1.38 bits per heavy atom. The van der Waals surface area contributed by atoms with E-state index >= 15 is 0 Å². The Hall–Kier alpha value is -1.92. The number of hydrogen-bond acceptors (Lipinski definition) is 4. The van der Waals surface area contributed by atoms with Crippen molar-refractivity contribution in [1.82, 2.24) is 4.57 Å². The Labute approximate surface area is 139 Å². The Morgan fingerprint density at radius 3 is 2.92 bits per heavy atom. The molecule has 2 aromatic rings. The van der Waals surface area contributed by atoms with Gasteiger partial charge in [-0.3, -0.25) is 4.79 Å².